The maximum atomic E-state index is 2.56. The van der Waals surface area contributed by atoms with E-state index in [9.17, 15) is 0 Å². The second-order valence-electron chi connectivity index (χ2n) is 29.8. The molecule has 12 aromatic carbocycles. The number of aromatic nitrogens is 4. The SMILES string of the molecule is Cc1c(C)c(-n2c3ccccc3c3ccccc32)c(C)c(C)c1B(c1ccc(-c2ccc(B(c3c(C)c(C)c(-n4c5ccccc5c5ccccc54)c(C)c3C)c3c(C)c(C)c(-n4c5ccccc5c5ccccc54)c(C)c3C)s2)s1)c1c(C)c(C)c(-n2c3ccccc3c3ccccc32)c(C)c1C. The number of hydrogen-bond acceptors (Lipinski definition) is 2. The molecule has 6 heterocycles. The van der Waals surface area contributed by atoms with Gasteiger partial charge in [0.05, 0.1) is 66.9 Å². The van der Waals surface area contributed by atoms with E-state index in [0.717, 1.165) is 0 Å². The highest BCUT2D eigenvalue weighted by molar-refractivity contribution is 7.34. The minimum Gasteiger partial charge on any atom is -0.309 e. The third-order valence-electron chi connectivity index (χ3n) is 25.0. The molecule has 18 rings (SSSR count). The third-order valence-corrected chi connectivity index (χ3v) is 27.5. The first-order valence-corrected chi connectivity index (χ1v) is 38.6. The average molecular weight is 1380 g/mol. The first kappa shape index (κ1) is 65.4. The molecule has 0 bridgehead atoms. The van der Waals surface area contributed by atoms with E-state index < -0.39 is 0 Å². The van der Waals surface area contributed by atoms with E-state index >= 15 is 0 Å². The third kappa shape index (κ3) is 9.29. The quantitative estimate of drug-likeness (QED) is 0.115. The topological polar surface area (TPSA) is 19.7 Å². The highest BCUT2D eigenvalue weighted by Gasteiger charge is 2.38. The Kier molecular flexibility index (Phi) is 15.4. The predicted molar refractivity (Wildman–Crippen MR) is 456 cm³/mol. The van der Waals surface area contributed by atoms with Crippen molar-refractivity contribution in [1.82, 2.24) is 18.3 Å². The smallest absolute Gasteiger partial charge is 0.255 e. The first-order chi connectivity index (χ1) is 50.4. The van der Waals surface area contributed by atoms with Crippen molar-refractivity contribution in [2.24, 2.45) is 0 Å². The van der Waals surface area contributed by atoms with Gasteiger partial charge in [0.1, 0.15) is 0 Å². The maximum Gasteiger partial charge on any atom is 0.255 e. The van der Waals surface area contributed by atoms with Crippen LogP contribution in [0.5, 0.6) is 0 Å². The van der Waals surface area contributed by atoms with Crippen molar-refractivity contribution in [3.05, 3.63) is 307 Å². The molecule has 4 nitrogen and oxygen atoms in total. The van der Waals surface area contributed by atoms with Gasteiger partial charge in [-0.25, -0.2) is 0 Å². The lowest BCUT2D eigenvalue weighted by molar-refractivity contribution is 1.09. The van der Waals surface area contributed by atoms with Gasteiger partial charge in [0.15, 0.2) is 0 Å². The summed E-state index contributed by atoms with van der Waals surface area (Å²) < 4.78 is 12.9. The number of rotatable bonds is 11. The van der Waals surface area contributed by atoms with Crippen molar-refractivity contribution in [3.8, 4) is 32.5 Å². The number of para-hydroxylation sites is 8. The zero-order valence-corrected chi connectivity index (χ0v) is 64.2. The minimum atomic E-state index is -0.0660. The van der Waals surface area contributed by atoms with Gasteiger partial charge in [-0.1, -0.05) is 224 Å². The van der Waals surface area contributed by atoms with Crippen LogP contribution < -0.4 is 31.4 Å². The molecule has 0 N–H and O–H groups in total. The standard InChI is InChI=1S/C96H84B2N4S2/c1-53-61(9)93(99-77-41-25-17-33-69(77)70-34-18-26-42-78(70)99)62(10)54(2)89(53)97(90-55(3)63(11)94(64(12)56(90)4)100-79-43-27-19-35-71(79)72-36-20-28-44-80(72)100)87-51-49-85(103-87)86-50-52-88(104-86)98(91-57(5)65(13)95(66(14)58(91)6)101-81-45-29-21-37-73(81)74-38-22-30-46-82(74)101)92-59(7)67(15)96(68(16)60(92)8)102-83-47-31-23-39-75(83)76-40-24-32-48-84(76)102/h17-52H,1-16H3. The Labute approximate surface area is 619 Å². The van der Waals surface area contributed by atoms with Crippen LogP contribution >= 0.6 is 22.7 Å². The molecule has 0 unspecified atom stereocenters. The average Bonchev–Trinajstić information content (AvgIpc) is 1.39. The summed E-state index contributed by atoms with van der Waals surface area (Å²) in [6.07, 6.45) is 0. The van der Waals surface area contributed by atoms with Crippen LogP contribution in [0.1, 0.15) is 89.0 Å². The number of thiophene rings is 2. The lowest BCUT2D eigenvalue weighted by Crippen LogP contribution is -2.55. The molecule has 0 amide bonds. The zero-order chi connectivity index (χ0) is 71.7. The van der Waals surface area contributed by atoms with Crippen LogP contribution in [-0.4, -0.2) is 31.7 Å². The Morgan fingerprint density at radius 2 is 0.337 bits per heavy atom. The van der Waals surface area contributed by atoms with Crippen molar-refractivity contribution < 1.29 is 0 Å². The number of benzene rings is 12. The Bertz CT molecular complexity index is 5610. The molecule has 0 aliphatic rings. The normalized spacial score (nSPS) is 12.0. The van der Waals surface area contributed by atoms with Gasteiger partial charge in [-0.05, 0) is 226 Å². The molecular weight excluding hydrogens is 1290 g/mol. The lowest BCUT2D eigenvalue weighted by atomic mass is 9.36. The summed E-state index contributed by atoms with van der Waals surface area (Å²) in [5.74, 6) is 0. The molecule has 0 radical (unpaired) electrons. The van der Waals surface area contributed by atoms with E-state index in [0.29, 0.717) is 0 Å². The fourth-order valence-corrected chi connectivity index (χ4v) is 21.5. The van der Waals surface area contributed by atoms with E-state index in [1.807, 2.05) is 22.7 Å². The van der Waals surface area contributed by atoms with Gasteiger partial charge in [0, 0.05) is 52.8 Å². The second-order valence-corrected chi connectivity index (χ2v) is 32.0. The fraction of sp³-hybridized carbons (Fsp3) is 0.167. The predicted octanol–water partition coefficient (Wildman–Crippen LogP) is 21.8. The monoisotopic (exact) mass is 1380 g/mol. The summed E-state index contributed by atoms with van der Waals surface area (Å²) >= 11 is 3.98. The molecule has 506 valence electrons. The minimum absolute atomic E-state index is 0.0660. The molecule has 8 heteroatoms. The van der Waals surface area contributed by atoms with E-state index in [-0.39, 0.29) is 13.4 Å². The van der Waals surface area contributed by atoms with E-state index in [4.69, 9.17) is 0 Å². The first-order valence-electron chi connectivity index (χ1n) is 36.9. The molecule has 0 saturated heterocycles. The van der Waals surface area contributed by atoms with Crippen LogP contribution in [0.15, 0.2) is 218 Å². The molecule has 0 spiro atoms. The van der Waals surface area contributed by atoms with Gasteiger partial charge < -0.3 is 18.3 Å². The molecule has 0 saturated carbocycles. The van der Waals surface area contributed by atoms with Crippen molar-refractivity contribution in [2.75, 3.05) is 0 Å². The Morgan fingerprint density at radius 1 is 0.183 bits per heavy atom. The van der Waals surface area contributed by atoms with Crippen LogP contribution in [-0.2, 0) is 0 Å². The number of hydrogen-bond donors (Lipinski definition) is 0. The summed E-state index contributed by atoms with van der Waals surface area (Å²) in [5, 5.41) is 10.2. The van der Waals surface area contributed by atoms with Gasteiger partial charge in [-0.15, -0.1) is 22.7 Å². The summed E-state index contributed by atoms with van der Waals surface area (Å²) in [5.41, 5.74) is 41.9. The largest absolute Gasteiger partial charge is 0.309 e. The lowest BCUT2D eigenvalue weighted by Gasteiger charge is -2.30. The molecule has 104 heavy (non-hydrogen) atoms. The fourth-order valence-electron chi connectivity index (χ4n) is 19.2. The van der Waals surface area contributed by atoms with Crippen molar-refractivity contribution >= 4 is 155 Å². The molecule has 6 aromatic heterocycles. The van der Waals surface area contributed by atoms with Crippen molar-refractivity contribution in [2.45, 2.75) is 111 Å². The van der Waals surface area contributed by atoms with Gasteiger partial charge in [0.2, 0.25) is 0 Å². The molecule has 0 atom stereocenters. The number of fused-ring (bicyclic) bond motifs is 12. The maximum absolute atomic E-state index is 2.56. The molecule has 0 fully saturated rings. The van der Waals surface area contributed by atoms with Crippen LogP contribution in [0.25, 0.3) is 120 Å². The highest BCUT2D eigenvalue weighted by atomic mass is 32.1. The summed E-state index contributed by atoms with van der Waals surface area (Å²) in [7, 11) is 0. The van der Waals surface area contributed by atoms with Crippen LogP contribution in [0.2, 0.25) is 0 Å². The molecule has 18 aromatic rings. The summed E-state index contributed by atoms with van der Waals surface area (Å²) in [6.45, 7) is 38.4. The molecule has 0 aliphatic carbocycles. The van der Waals surface area contributed by atoms with Crippen LogP contribution in [0, 0.1) is 111 Å². The van der Waals surface area contributed by atoms with Gasteiger partial charge in [-0.3, -0.25) is 0 Å². The summed E-state index contributed by atoms with van der Waals surface area (Å²) in [4.78, 5) is 2.59. The van der Waals surface area contributed by atoms with Gasteiger partial charge in [-0.2, -0.15) is 0 Å². The molecule has 0 aliphatic heterocycles. The van der Waals surface area contributed by atoms with Crippen LogP contribution in [0.4, 0.5) is 0 Å². The van der Waals surface area contributed by atoms with Gasteiger partial charge >= 0.3 is 0 Å². The Morgan fingerprint density at radius 3 is 0.500 bits per heavy atom. The molecular formula is C96H84B2N4S2. The van der Waals surface area contributed by atoms with Crippen LogP contribution in [0.3, 0.4) is 0 Å². The van der Waals surface area contributed by atoms with E-state index in [1.54, 1.807) is 0 Å². The van der Waals surface area contributed by atoms with E-state index in [2.05, 4.69) is 347 Å². The summed E-state index contributed by atoms with van der Waals surface area (Å²) in [6, 6.07) is 81.7. The Hall–Kier alpha value is -10.6. The number of nitrogens with zero attached hydrogens (tertiary/aromatic N) is 4. The zero-order valence-electron chi connectivity index (χ0n) is 62.5. The van der Waals surface area contributed by atoms with Crippen molar-refractivity contribution in [3.63, 3.8) is 0 Å². The van der Waals surface area contributed by atoms with Crippen molar-refractivity contribution in [1.29, 1.82) is 0 Å². The second kappa shape index (κ2) is 24.5. The van der Waals surface area contributed by atoms with Gasteiger partial charge in [0.25, 0.3) is 13.4 Å². The highest BCUT2D eigenvalue weighted by Crippen LogP contribution is 2.43. The van der Waals surface area contributed by atoms with E-state index in [1.165, 1.54) is 240 Å². The Balaban J connectivity index is 0.848.